The van der Waals surface area contributed by atoms with E-state index in [-0.39, 0.29) is 11.9 Å². The first-order chi connectivity index (χ1) is 14.0. The highest BCUT2D eigenvalue weighted by atomic mass is 35.5. The summed E-state index contributed by atoms with van der Waals surface area (Å²) in [5.74, 6) is -0.0461. The van der Waals surface area contributed by atoms with Crippen molar-refractivity contribution < 1.29 is 14.3 Å². The van der Waals surface area contributed by atoms with Gasteiger partial charge in [-0.15, -0.1) is 0 Å². The first kappa shape index (κ1) is 21.3. The maximum atomic E-state index is 12.8. The Morgan fingerprint density at radius 2 is 1.86 bits per heavy atom. The number of pyridine rings is 1. The van der Waals surface area contributed by atoms with Crippen molar-refractivity contribution in [2.75, 3.05) is 19.7 Å². The van der Waals surface area contributed by atoms with Crippen LogP contribution in [0, 0.1) is 5.41 Å². The van der Waals surface area contributed by atoms with Crippen LogP contribution in [0.2, 0.25) is 5.02 Å². The molecule has 154 valence electrons. The molecule has 0 spiro atoms. The molecule has 5 nitrogen and oxygen atoms in total. The minimum atomic E-state index is -0.593. The lowest BCUT2D eigenvalue weighted by atomic mass is 9.73. The molecular weight excluding hydrogens is 388 g/mol. The van der Waals surface area contributed by atoms with Crippen molar-refractivity contribution in [3.8, 4) is 0 Å². The van der Waals surface area contributed by atoms with Gasteiger partial charge in [-0.3, -0.25) is 14.6 Å². The molecule has 1 aromatic heterocycles. The van der Waals surface area contributed by atoms with Gasteiger partial charge in [-0.2, -0.15) is 0 Å². The summed E-state index contributed by atoms with van der Waals surface area (Å²) in [5, 5.41) is 0.674. The number of nitrogens with zero attached hydrogens (tertiary/aromatic N) is 2. The summed E-state index contributed by atoms with van der Waals surface area (Å²) in [6.07, 6.45) is 6.46. The van der Waals surface area contributed by atoms with Gasteiger partial charge in [0, 0.05) is 36.9 Å². The molecule has 3 rings (SSSR count). The molecular formula is C23H27ClN2O3. The highest BCUT2D eigenvalue weighted by molar-refractivity contribution is 6.30. The molecule has 0 saturated carbocycles. The SMILES string of the molecule is CCOC(=O)C1(Cc2ccc(Cl)cc2)CCN(C(=O)CCc2cccnc2)CC1. The van der Waals surface area contributed by atoms with E-state index in [4.69, 9.17) is 16.3 Å². The lowest BCUT2D eigenvalue weighted by molar-refractivity contribution is -0.160. The number of aromatic nitrogens is 1. The van der Waals surface area contributed by atoms with E-state index in [1.54, 1.807) is 12.4 Å². The summed E-state index contributed by atoms with van der Waals surface area (Å²) in [6.45, 7) is 3.32. The number of esters is 1. The zero-order chi connectivity index (χ0) is 20.7. The second-order valence-corrected chi connectivity index (χ2v) is 7.98. The molecule has 1 fully saturated rings. The van der Waals surface area contributed by atoms with Crippen LogP contribution in [-0.2, 0) is 27.2 Å². The predicted molar refractivity (Wildman–Crippen MR) is 113 cm³/mol. The van der Waals surface area contributed by atoms with Crippen molar-refractivity contribution in [3.05, 3.63) is 64.9 Å². The molecule has 1 saturated heterocycles. The summed E-state index contributed by atoms with van der Waals surface area (Å²) in [5.41, 5.74) is 1.52. The number of halogens is 1. The second kappa shape index (κ2) is 9.88. The number of rotatable bonds is 7. The largest absolute Gasteiger partial charge is 0.466 e. The van der Waals surface area contributed by atoms with Crippen molar-refractivity contribution in [2.24, 2.45) is 5.41 Å². The smallest absolute Gasteiger partial charge is 0.312 e. The number of hydrogen-bond donors (Lipinski definition) is 0. The first-order valence-electron chi connectivity index (χ1n) is 10.1. The average molecular weight is 415 g/mol. The van der Waals surface area contributed by atoms with Crippen LogP contribution in [0.15, 0.2) is 48.8 Å². The lowest BCUT2D eigenvalue weighted by Crippen LogP contribution is -2.48. The molecule has 0 radical (unpaired) electrons. The number of piperidine rings is 1. The second-order valence-electron chi connectivity index (χ2n) is 7.55. The Hall–Kier alpha value is -2.40. The third kappa shape index (κ3) is 5.57. The number of carbonyl (C=O) groups excluding carboxylic acids is 2. The predicted octanol–water partition coefficient (Wildman–Crippen LogP) is 4.08. The van der Waals surface area contributed by atoms with Gasteiger partial charge in [0.1, 0.15) is 0 Å². The minimum absolute atomic E-state index is 0.123. The molecule has 6 heteroatoms. The topological polar surface area (TPSA) is 59.5 Å². The van der Waals surface area contributed by atoms with E-state index in [2.05, 4.69) is 4.98 Å². The van der Waals surface area contributed by atoms with E-state index in [1.165, 1.54) is 0 Å². The van der Waals surface area contributed by atoms with Gasteiger partial charge in [0.2, 0.25) is 5.91 Å². The zero-order valence-corrected chi connectivity index (χ0v) is 17.5. The van der Waals surface area contributed by atoms with Crippen molar-refractivity contribution in [3.63, 3.8) is 0 Å². The molecule has 2 aromatic rings. The van der Waals surface area contributed by atoms with Crippen LogP contribution in [0.5, 0.6) is 0 Å². The molecule has 0 N–H and O–H groups in total. The third-order valence-corrected chi connectivity index (χ3v) is 5.84. The maximum absolute atomic E-state index is 12.8. The number of benzene rings is 1. The van der Waals surface area contributed by atoms with Gasteiger partial charge in [-0.25, -0.2) is 0 Å². The van der Waals surface area contributed by atoms with E-state index in [9.17, 15) is 9.59 Å². The van der Waals surface area contributed by atoms with Gasteiger partial charge in [0.15, 0.2) is 0 Å². The monoisotopic (exact) mass is 414 g/mol. The standard InChI is InChI=1S/C23H27ClN2O3/c1-2-29-22(28)23(16-18-5-8-20(24)9-6-18)11-14-26(15-12-23)21(27)10-7-19-4-3-13-25-17-19/h3-6,8-9,13,17H,2,7,10-12,14-16H2,1H3. The van der Waals surface area contributed by atoms with Crippen LogP contribution in [0.25, 0.3) is 0 Å². The molecule has 2 heterocycles. The third-order valence-electron chi connectivity index (χ3n) is 5.59. The molecule has 0 unspecified atom stereocenters. The fourth-order valence-electron chi connectivity index (χ4n) is 3.87. The Balaban J connectivity index is 1.63. The Kier molecular flexibility index (Phi) is 7.26. The first-order valence-corrected chi connectivity index (χ1v) is 10.5. The maximum Gasteiger partial charge on any atom is 0.312 e. The summed E-state index contributed by atoms with van der Waals surface area (Å²) < 4.78 is 5.41. The fourth-order valence-corrected chi connectivity index (χ4v) is 4.00. The van der Waals surface area contributed by atoms with Crippen LogP contribution >= 0.6 is 11.6 Å². The number of aryl methyl sites for hydroxylation is 1. The van der Waals surface area contributed by atoms with E-state index >= 15 is 0 Å². The Morgan fingerprint density at radius 3 is 2.48 bits per heavy atom. The average Bonchev–Trinajstić information content (AvgIpc) is 2.75. The summed E-state index contributed by atoms with van der Waals surface area (Å²) in [6, 6.07) is 11.4. The van der Waals surface area contributed by atoms with Crippen LogP contribution in [0.3, 0.4) is 0 Å². The van der Waals surface area contributed by atoms with Crippen LogP contribution < -0.4 is 0 Å². The van der Waals surface area contributed by atoms with Gasteiger partial charge >= 0.3 is 5.97 Å². The Bertz CT molecular complexity index is 816. The molecule has 1 aliphatic rings. The molecule has 0 aliphatic carbocycles. The quantitative estimate of drug-likeness (QED) is 0.640. The number of carbonyl (C=O) groups is 2. The van der Waals surface area contributed by atoms with Crippen LogP contribution in [-0.4, -0.2) is 41.5 Å². The van der Waals surface area contributed by atoms with E-state index in [0.29, 0.717) is 56.8 Å². The highest BCUT2D eigenvalue weighted by Crippen LogP contribution is 2.37. The molecule has 29 heavy (non-hydrogen) atoms. The van der Waals surface area contributed by atoms with E-state index < -0.39 is 5.41 Å². The van der Waals surface area contributed by atoms with Crippen LogP contribution in [0.4, 0.5) is 0 Å². The van der Waals surface area contributed by atoms with Gasteiger partial charge in [-0.05, 0) is 61.9 Å². The van der Waals surface area contributed by atoms with Gasteiger partial charge < -0.3 is 9.64 Å². The summed E-state index contributed by atoms with van der Waals surface area (Å²) in [7, 11) is 0. The number of likely N-dealkylation sites (tertiary alicyclic amines) is 1. The normalized spacial score (nSPS) is 15.7. The molecule has 1 amide bonds. The van der Waals surface area contributed by atoms with Crippen molar-refractivity contribution >= 4 is 23.5 Å². The molecule has 0 atom stereocenters. The number of hydrogen-bond acceptors (Lipinski definition) is 4. The summed E-state index contributed by atoms with van der Waals surface area (Å²) >= 11 is 5.99. The minimum Gasteiger partial charge on any atom is -0.466 e. The fraction of sp³-hybridized carbons (Fsp3) is 0.435. The molecule has 0 bridgehead atoms. The van der Waals surface area contributed by atoms with Crippen LogP contribution in [0.1, 0.15) is 37.3 Å². The summed E-state index contributed by atoms with van der Waals surface area (Å²) in [4.78, 5) is 31.4. The Labute approximate surface area is 177 Å². The molecule has 1 aliphatic heterocycles. The molecule has 1 aromatic carbocycles. The lowest BCUT2D eigenvalue weighted by Gasteiger charge is -2.40. The van der Waals surface area contributed by atoms with Gasteiger partial charge in [0.25, 0.3) is 0 Å². The Morgan fingerprint density at radius 1 is 1.14 bits per heavy atom. The van der Waals surface area contributed by atoms with Crippen molar-refractivity contribution in [1.29, 1.82) is 0 Å². The van der Waals surface area contributed by atoms with E-state index in [0.717, 1.165) is 11.1 Å². The number of ether oxygens (including phenoxy) is 1. The zero-order valence-electron chi connectivity index (χ0n) is 16.8. The van der Waals surface area contributed by atoms with Crippen molar-refractivity contribution in [2.45, 2.75) is 39.0 Å². The highest BCUT2D eigenvalue weighted by Gasteiger charge is 2.43. The van der Waals surface area contributed by atoms with E-state index in [1.807, 2.05) is 48.2 Å². The number of amides is 1. The van der Waals surface area contributed by atoms with Gasteiger partial charge in [-0.1, -0.05) is 29.8 Å². The van der Waals surface area contributed by atoms with Gasteiger partial charge in [0.05, 0.1) is 12.0 Å². The van der Waals surface area contributed by atoms with Crippen molar-refractivity contribution in [1.82, 2.24) is 9.88 Å².